The van der Waals surface area contributed by atoms with Gasteiger partial charge in [-0.25, -0.2) is 0 Å². The lowest BCUT2D eigenvalue weighted by atomic mass is 10.1. The second-order valence-electron chi connectivity index (χ2n) is 4.78. The summed E-state index contributed by atoms with van der Waals surface area (Å²) < 4.78 is 0. The molecule has 0 atom stereocenters. The van der Waals surface area contributed by atoms with Crippen LogP contribution in [0.2, 0.25) is 5.02 Å². The van der Waals surface area contributed by atoms with E-state index in [0.29, 0.717) is 17.1 Å². The van der Waals surface area contributed by atoms with Crippen LogP contribution in [-0.4, -0.2) is 22.6 Å². The first kappa shape index (κ1) is 13.6. The number of para-hydroxylation sites is 1. The number of carbonyl (C=O) groups excluding carboxylic acids is 1. The molecule has 0 bridgehead atoms. The van der Waals surface area contributed by atoms with Crippen molar-refractivity contribution in [2.75, 3.05) is 6.54 Å². The van der Waals surface area contributed by atoms with E-state index in [1.807, 2.05) is 36.4 Å². The first-order valence-electron chi connectivity index (χ1n) is 6.69. The zero-order chi connectivity index (χ0) is 14.7. The highest BCUT2D eigenvalue weighted by Crippen LogP contribution is 2.15. The van der Waals surface area contributed by atoms with Crippen LogP contribution in [0.1, 0.15) is 15.9 Å². The van der Waals surface area contributed by atoms with Crippen molar-refractivity contribution in [1.29, 1.82) is 0 Å². The molecule has 0 unspecified atom stereocenters. The minimum absolute atomic E-state index is 0.105. The van der Waals surface area contributed by atoms with Crippen LogP contribution in [0.3, 0.4) is 0 Å². The van der Waals surface area contributed by atoms with Gasteiger partial charge in [0.1, 0.15) is 0 Å². The average molecular weight is 300 g/mol. The maximum Gasteiger partial charge on any atom is 0.253 e. The second-order valence-corrected chi connectivity index (χ2v) is 5.21. The number of benzene rings is 2. The number of hydrogen-bond donors (Lipinski definition) is 2. The Hall–Kier alpha value is -2.33. The molecule has 5 heteroatoms. The van der Waals surface area contributed by atoms with Crippen molar-refractivity contribution in [2.45, 2.75) is 6.42 Å². The topological polar surface area (TPSA) is 57.8 Å². The maximum atomic E-state index is 12.2. The minimum Gasteiger partial charge on any atom is -0.352 e. The number of hydrogen-bond acceptors (Lipinski definition) is 2. The average Bonchev–Trinajstić information content (AvgIpc) is 2.95. The number of nitrogens with one attached hydrogen (secondary N) is 2. The van der Waals surface area contributed by atoms with E-state index < -0.39 is 0 Å². The van der Waals surface area contributed by atoms with Crippen molar-refractivity contribution in [1.82, 2.24) is 15.5 Å². The molecule has 0 aliphatic heterocycles. The van der Waals surface area contributed by atoms with Crippen LogP contribution in [0.25, 0.3) is 10.9 Å². The SMILES string of the molecule is O=C(NCCc1cccc(Cl)c1)c1cccc2cn[nH]c12. The van der Waals surface area contributed by atoms with Gasteiger partial charge >= 0.3 is 0 Å². The molecule has 0 aliphatic carbocycles. The molecule has 0 radical (unpaired) electrons. The van der Waals surface area contributed by atoms with Crippen LogP contribution < -0.4 is 5.32 Å². The highest BCUT2D eigenvalue weighted by molar-refractivity contribution is 6.30. The number of nitrogens with zero attached hydrogens (tertiary/aromatic N) is 1. The molecule has 1 amide bonds. The van der Waals surface area contributed by atoms with Crippen LogP contribution in [0.4, 0.5) is 0 Å². The fourth-order valence-electron chi connectivity index (χ4n) is 2.27. The van der Waals surface area contributed by atoms with Crippen LogP contribution in [0.15, 0.2) is 48.7 Å². The number of aromatic nitrogens is 2. The highest BCUT2D eigenvalue weighted by Gasteiger charge is 2.10. The minimum atomic E-state index is -0.105. The third-order valence-corrected chi connectivity index (χ3v) is 3.54. The molecule has 1 heterocycles. The monoisotopic (exact) mass is 299 g/mol. The molecule has 4 nitrogen and oxygen atoms in total. The summed E-state index contributed by atoms with van der Waals surface area (Å²) in [4.78, 5) is 12.2. The number of amides is 1. The Morgan fingerprint density at radius 3 is 2.95 bits per heavy atom. The molecular formula is C16H14ClN3O. The van der Waals surface area contributed by atoms with Crippen molar-refractivity contribution in [3.8, 4) is 0 Å². The second kappa shape index (κ2) is 5.97. The largest absolute Gasteiger partial charge is 0.352 e. The third-order valence-electron chi connectivity index (χ3n) is 3.31. The van der Waals surface area contributed by atoms with Gasteiger partial charge in [-0.2, -0.15) is 5.10 Å². The Kier molecular flexibility index (Phi) is 3.88. The Morgan fingerprint density at radius 2 is 2.10 bits per heavy atom. The molecule has 21 heavy (non-hydrogen) atoms. The van der Waals surface area contributed by atoms with Crippen LogP contribution in [0.5, 0.6) is 0 Å². The van der Waals surface area contributed by atoms with E-state index in [-0.39, 0.29) is 5.91 Å². The van der Waals surface area contributed by atoms with Gasteiger partial charge in [-0.15, -0.1) is 0 Å². The lowest BCUT2D eigenvalue weighted by Gasteiger charge is -2.06. The molecule has 2 aromatic carbocycles. The quantitative estimate of drug-likeness (QED) is 0.777. The van der Waals surface area contributed by atoms with E-state index in [0.717, 1.165) is 22.9 Å². The molecule has 0 spiro atoms. The first-order valence-corrected chi connectivity index (χ1v) is 7.06. The van der Waals surface area contributed by atoms with Crippen molar-refractivity contribution in [2.24, 2.45) is 0 Å². The molecule has 2 N–H and O–H groups in total. The molecule has 3 aromatic rings. The molecule has 3 rings (SSSR count). The van der Waals surface area contributed by atoms with E-state index >= 15 is 0 Å². The van der Waals surface area contributed by atoms with Gasteiger partial charge in [0.05, 0.1) is 17.3 Å². The summed E-state index contributed by atoms with van der Waals surface area (Å²) in [6.07, 6.45) is 2.45. The molecule has 0 aliphatic rings. The van der Waals surface area contributed by atoms with E-state index in [1.54, 1.807) is 12.3 Å². The zero-order valence-corrected chi connectivity index (χ0v) is 12.0. The van der Waals surface area contributed by atoms with Gasteiger partial charge < -0.3 is 5.32 Å². The fraction of sp³-hybridized carbons (Fsp3) is 0.125. The smallest absolute Gasteiger partial charge is 0.253 e. The lowest BCUT2D eigenvalue weighted by Crippen LogP contribution is -2.25. The fourth-order valence-corrected chi connectivity index (χ4v) is 2.48. The molecule has 0 fully saturated rings. The number of aromatic amines is 1. The summed E-state index contributed by atoms with van der Waals surface area (Å²) in [5.41, 5.74) is 2.47. The standard InChI is InChI=1S/C16H14ClN3O/c17-13-5-1-3-11(9-13)7-8-18-16(21)14-6-2-4-12-10-19-20-15(12)14/h1-6,9-10H,7-8H2,(H,18,21)(H,19,20). The van der Waals surface area contributed by atoms with E-state index in [4.69, 9.17) is 11.6 Å². The van der Waals surface area contributed by atoms with Gasteiger partial charge in [0.25, 0.3) is 5.91 Å². The summed E-state index contributed by atoms with van der Waals surface area (Å²) >= 11 is 5.94. The summed E-state index contributed by atoms with van der Waals surface area (Å²) in [5, 5.41) is 11.4. The maximum absolute atomic E-state index is 12.2. The third kappa shape index (κ3) is 3.06. The Bertz CT molecular complexity index is 782. The summed E-state index contributed by atoms with van der Waals surface area (Å²) in [6, 6.07) is 13.2. The van der Waals surface area contributed by atoms with E-state index in [9.17, 15) is 4.79 Å². The van der Waals surface area contributed by atoms with E-state index in [2.05, 4.69) is 15.5 Å². The Morgan fingerprint density at radius 1 is 1.24 bits per heavy atom. The Balaban J connectivity index is 1.65. The molecule has 0 saturated carbocycles. The van der Waals surface area contributed by atoms with Crippen LogP contribution in [-0.2, 0) is 6.42 Å². The van der Waals surface area contributed by atoms with E-state index in [1.165, 1.54) is 0 Å². The Labute approximate surface area is 127 Å². The van der Waals surface area contributed by atoms with Gasteiger partial charge in [-0.3, -0.25) is 9.89 Å². The number of rotatable bonds is 4. The zero-order valence-electron chi connectivity index (χ0n) is 11.3. The summed E-state index contributed by atoms with van der Waals surface area (Å²) in [7, 11) is 0. The number of carbonyl (C=O) groups is 1. The van der Waals surface area contributed by atoms with Crippen molar-refractivity contribution >= 4 is 28.4 Å². The lowest BCUT2D eigenvalue weighted by molar-refractivity contribution is 0.0955. The number of H-pyrrole nitrogens is 1. The van der Waals surface area contributed by atoms with Crippen molar-refractivity contribution in [3.63, 3.8) is 0 Å². The predicted molar refractivity (Wildman–Crippen MR) is 83.6 cm³/mol. The first-order chi connectivity index (χ1) is 10.2. The van der Waals surface area contributed by atoms with Gasteiger partial charge in [0.15, 0.2) is 0 Å². The molecule has 1 aromatic heterocycles. The molecular weight excluding hydrogens is 286 g/mol. The summed E-state index contributed by atoms with van der Waals surface area (Å²) in [6.45, 7) is 0.559. The van der Waals surface area contributed by atoms with Crippen molar-refractivity contribution < 1.29 is 4.79 Å². The van der Waals surface area contributed by atoms with Gasteiger partial charge in [-0.05, 0) is 30.2 Å². The van der Waals surface area contributed by atoms with Crippen molar-refractivity contribution in [3.05, 3.63) is 64.8 Å². The van der Waals surface area contributed by atoms with Crippen LogP contribution in [0, 0.1) is 0 Å². The highest BCUT2D eigenvalue weighted by atomic mass is 35.5. The normalized spacial score (nSPS) is 10.7. The van der Waals surface area contributed by atoms with Gasteiger partial charge in [-0.1, -0.05) is 35.9 Å². The van der Waals surface area contributed by atoms with Gasteiger partial charge in [0, 0.05) is 17.0 Å². The number of halogens is 1. The predicted octanol–water partition coefficient (Wildman–Crippen LogP) is 3.19. The summed E-state index contributed by atoms with van der Waals surface area (Å²) in [5.74, 6) is -0.105. The van der Waals surface area contributed by atoms with Crippen LogP contribution >= 0.6 is 11.6 Å². The van der Waals surface area contributed by atoms with Gasteiger partial charge in [0.2, 0.25) is 0 Å². The number of fused-ring (bicyclic) bond motifs is 1. The molecule has 106 valence electrons. The molecule has 0 saturated heterocycles.